The van der Waals surface area contributed by atoms with E-state index in [2.05, 4.69) is 5.32 Å². The van der Waals surface area contributed by atoms with E-state index in [9.17, 15) is 14.9 Å². The van der Waals surface area contributed by atoms with Crippen molar-refractivity contribution in [2.24, 2.45) is 0 Å². The molecule has 0 aliphatic carbocycles. The molecule has 0 bridgehead atoms. The largest absolute Gasteiger partial charge is 0.322 e. The number of rotatable bonds is 4. The Morgan fingerprint density at radius 2 is 1.75 bits per heavy atom. The lowest BCUT2D eigenvalue weighted by molar-refractivity contribution is -0.384. The van der Waals surface area contributed by atoms with E-state index in [1.807, 2.05) is 42.5 Å². The van der Waals surface area contributed by atoms with Crippen LogP contribution in [0.4, 0.5) is 11.4 Å². The average Bonchev–Trinajstić information content (AvgIpc) is 2.60. The first-order valence-corrected chi connectivity index (χ1v) is 7.35. The lowest BCUT2D eigenvalue weighted by Gasteiger charge is -2.03. The predicted octanol–water partition coefficient (Wildman–Crippen LogP) is 4.40. The Kier molecular flexibility index (Phi) is 4.34. The van der Waals surface area contributed by atoms with Crippen LogP contribution in [0, 0.1) is 10.1 Å². The maximum atomic E-state index is 12.0. The van der Waals surface area contributed by atoms with Crippen LogP contribution in [0.5, 0.6) is 0 Å². The molecule has 0 saturated heterocycles. The molecule has 0 saturated carbocycles. The van der Waals surface area contributed by atoms with E-state index in [4.69, 9.17) is 0 Å². The van der Waals surface area contributed by atoms with E-state index in [1.54, 1.807) is 12.1 Å². The molecule has 0 fully saturated rings. The lowest BCUT2D eigenvalue weighted by Crippen LogP contribution is -2.07. The topological polar surface area (TPSA) is 72.2 Å². The van der Waals surface area contributed by atoms with Crippen LogP contribution in [0.25, 0.3) is 16.8 Å². The van der Waals surface area contributed by atoms with E-state index < -0.39 is 4.92 Å². The third kappa shape index (κ3) is 3.47. The molecule has 5 nitrogen and oxygen atoms in total. The van der Waals surface area contributed by atoms with Gasteiger partial charge < -0.3 is 5.32 Å². The number of benzene rings is 3. The number of nitro groups is 1. The second-order valence-electron chi connectivity index (χ2n) is 5.20. The van der Waals surface area contributed by atoms with Gasteiger partial charge in [-0.25, -0.2) is 0 Å². The van der Waals surface area contributed by atoms with E-state index in [0.29, 0.717) is 5.69 Å². The zero-order valence-electron chi connectivity index (χ0n) is 12.7. The fourth-order valence-corrected chi connectivity index (χ4v) is 2.44. The molecular weight excluding hydrogens is 304 g/mol. The number of carbonyl (C=O) groups excluding carboxylic acids is 1. The van der Waals surface area contributed by atoms with Gasteiger partial charge in [-0.1, -0.05) is 48.5 Å². The van der Waals surface area contributed by atoms with Gasteiger partial charge in [0.15, 0.2) is 0 Å². The molecule has 0 aliphatic heterocycles. The highest BCUT2D eigenvalue weighted by atomic mass is 16.6. The van der Waals surface area contributed by atoms with Crippen molar-refractivity contribution < 1.29 is 9.72 Å². The van der Waals surface area contributed by atoms with Crippen molar-refractivity contribution in [3.63, 3.8) is 0 Å². The van der Waals surface area contributed by atoms with E-state index >= 15 is 0 Å². The van der Waals surface area contributed by atoms with Crippen molar-refractivity contribution in [2.75, 3.05) is 5.32 Å². The summed E-state index contributed by atoms with van der Waals surface area (Å²) in [5.74, 6) is -0.344. The van der Waals surface area contributed by atoms with Crippen molar-refractivity contribution in [3.05, 3.63) is 88.5 Å². The van der Waals surface area contributed by atoms with Gasteiger partial charge in [0, 0.05) is 23.9 Å². The summed E-state index contributed by atoms with van der Waals surface area (Å²) in [6, 6.07) is 19.6. The number of fused-ring (bicyclic) bond motifs is 1. The van der Waals surface area contributed by atoms with Gasteiger partial charge in [-0.15, -0.1) is 0 Å². The molecule has 3 aromatic rings. The van der Waals surface area contributed by atoms with Crippen LogP contribution in [0.15, 0.2) is 72.8 Å². The standard InChI is InChI=1S/C19H14N2O3/c22-19(20-16-8-4-9-17(13-16)21(23)24)12-11-15-7-3-6-14-5-1-2-10-18(14)15/h1-13H,(H,20,22). The number of anilines is 1. The summed E-state index contributed by atoms with van der Waals surface area (Å²) in [7, 11) is 0. The quantitative estimate of drug-likeness (QED) is 0.440. The molecule has 0 heterocycles. The molecule has 3 rings (SSSR count). The average molecular weight is 318 g/mol. The number of nitrogens with one attached hydrogen (secondary N) is 1. The SMILES string of the molecule is O=C(C=Cc1cccc2ccccc12)Nc1cccc([N+](=O)[O-])c1. The first kappa shape index (κ1) is 15.4. The van der Waals surface area contributed by atoms with Crippen LogP contribution in [0.3, 0.4) is 0 Å². The third-order valence-corrected chi connectivity index (χ3v) is 3.56. The normalized spacial score (nSPS) is 10.8. The second-order valence-corrected chi connectivity index (χ2v) is 5.20. The fourth-order valence-electron chi connectivity index (χ4n) is 2.44. The highest BCUT2D eigenvalue weighted by molar-refractivity contribution is 6.03. The highest BCUT2D eigenvalue weighted by Gasteiger charge is 2.06. The smallest absolute Gasteiger partial charge is 0.271 e. The van der Waals surface area contributed by atoms with Gasteiger partial charge in [0.05, 0.1) is 4.92 Å². The molecule has 5 heteroatoms. The monoisotopic (exact) mass is 318 g/mol. The molecule has 0 radical (unpaired) electrons. The van der Waals surface area contributed by atoms with Crippen LogP contribution in [0.1, 0.15) is 5.56 Å². The molecule has 0 aromatic heterocycles. The number of nitrogens with zero attached hydrogens (tertiary/aromatic N) is 1. The Morgan fingerprint density at radius 1 is 1.00 bits per heavy atom. The molecule has 24 heavy (non-hydrogen) atoms. The maximum Gasteiger partial charge on any atom is 0.271 e. The van der Waals surface area contributed by atoms with E-state index in [-0.39, 0.29) is 11.6 Å². The number of amides is 1. The molecular formula is C19H14N2O3. The van der Waals surface area contributed by atoms with Crippen molar-refractivity contribution in [1.29, 1.82) is 0 Å². The minimum atomic E-state index is -0.498. The molecule has 0 unspecified atom stereocenters. The molecule has 1 N–H and O–H groups in total. The lowest BCUT2D eigenvalue weighted by atomic mass is 10.0. The number of non-ortho nitro benzene ring substituents is 1. The Morgan fingerprint density at radius 3 is 2.58 bits per heavy atom. The summed E-state index contributed by atoms with van der Waals surface area (Å²) in [5, 5.41) is 15.5. The Balaban J connectivity index is 1.78. The molecule has 0 aliphatic rings. The first-order valence-electron chi connectivity index (χ1n) is 7.35. The second kappa shape index (κ2) is 6.75. The van der Waals surface area contributed by atoms with Crippen LogP contribution in [0.2, 0.25) is 0 Å². The van der Waals surface area contributed by atoms with Gasteiger partial charge in [0.25, 0.3) is 5.69 Å². The summed E-state index contributed by atoms with van der Waals surface area (Å²) in [6.07, 6.45) is 3.15. The van der Waals surface area contributed by atoms with Gasteiger partial charge in [-0.3, -0.25) is 14.9 Å². The van der Waals surface area contributed by atoms with Gasteiger partial charge in [0.2, 0.25) is 5.91 Å². The predicted molar refractivity (Wildman–Crippen MR) is 94.7 cm³/mol. The molecule has 1 amide bonds. The van der Waals surface area contributed by atoms with Crippen molar-refractivity contribution in [3.8, 4) is 0 Å². The number of nitro benzene ring substituents is 1. The van der Waals surface area contributed by atoms with Crippen molar-refractivity contribution >= 4 is 34.1 Å². The van der Waals surface area contributed by atoms with Crippen molar-refractivity contribution in [1.82, 2.24) is 0 Å². The Bertz CT molecular complexity index is 943. The van der Waals surface area contributed by atoms with Crippen LogP contribution < -0.4 is 5.32 Å². The fraction of sp³-hybridized carbons (Fsp3) is 0. The first-order chi connectivity index (χ1) is 11.6. The molecule has 3 aromatic carbocycles. The zero-order valence-corrected chi connectivity index (χ0v) is 12.7. The number of hydrogen-bond donors (Lipinski definition) is 1. The minimum absolute atomic E-state index is 0.0640. The summed E-state index contributed by atoms with van der Waals surface area (Å²) in [6.45, 7) is 0. The third-order valence-electron chi connectivity index (χ3n) is 3.56. The summed E-state index contributed by atoms with van der Waals surface area (Å²) in [5.41, 5.74) is 1.25. The van der Waals surface area contributed by atoms with Gasteiger partial charge in [-0.2, -0.15) is 0 Å². The number of hydrogen-bond acceptors (Lipinski definition) is 3. The van der Waals surface area contributed by atoms with Gasteiger partial charge >= 0.3 is 0 Å². The Hall–Kier alpha value is -3.47. The highest BCUT2D eigenvalue weighted by Crippen LogP contribution is 2.20. The summed E-state index contributed by atoms with van der Waals surface area (Å²) in [4.78, 5) is 22.3. The minimum Gasteiger partial charge on any atom is -0.322 e. The van der Waals surface area contributed by atoms with Gasteiger partial charge in [-0.05, 0) is 28.5 Å². The van der Waals surface area contributed by atoms with Crippen LogP contribution >= 0.6 is 0 Å². The van der Waals surface area contributed by atoms with E-state index in [1.165, 1.54) is 24.3 Å². The molecule has 0 atom stereocenters. The zero-order chi connectivity index (χ0) is 16.9. The van der Waals surface area contributed by atoms with Crippen molar-refractivity contribution in [2.45, 2.75) is 0 Å². The molecule has 118 valence electrons. The van der Waals surface area contributed by atoms with Crippen LogP contribution in [-0.2, 0) is 4.79 Å². The van der Waals surface area contributed by atoms with Crippen LogP contribution in [-0.4, -0.2) is 10.8 Å². The maximum absolute atomic E-state index is 12.0. The molecule has 0 spiro atoms. The van der Waals surface area contributed by atoms with E-state index in [0.717, 1.165) is 16.3 Å². The van der Waals surface area contributed by atoms with Gasteiger partial charge in [0.1, 0.15) is 0 Å². The Labute approximate surface area is 138 Å². The number of carbonyl (C=O) groups is 1. The summed E-state index contributed by atoms with van der Waals surface area (Å²) >= 11 is 0. The summed E-state index contributed by atoms with van der Waals surface area (Å²) < 4.78 is 0.